The van der Waals surface area contributed by atoms with Gasteiger partial charge in [-0.3, -0.25) is 9.59 Å². The highest BCUT2D eigenvalue weighted by molar-refractivity contribution is 7.62. The van der Waals surface area contributed by atoms with Crippen LogP contribution in [0.1, 0.15) is 65.2 Å². The van der Waals surface area contributed by atoms with E-state index in [1.54, 1.807) is 48.5 Å². The highest BCUT2D eigenvalue weighted by Crippen LogP contribution is 2.28. The summed E-state index contributed by atoms with van der Waals surface area (Å²) >= 11 is 0. The first-order chi connectivity index (χ1) is 17.1. The van der Waals surface area contributed by atoms with Crippen molar-refractivity contribution in [2.45, 2.75) is 41.5 Å². The van der Waals surface area contributed by atoms with Gasteiger partial charge in [0.05, 0.1) is 11.1 Å². The normalized spacial score (nSPS) is 10.8. The van der Waals surface area contributed by atoms with Crippen molar-refractivity contribution in [3.05, 3.63) is 128 Å². The standard InChI is InChI=1S/C32H30O3P/c1-19-15-17-25(23(5)21(19)3)31(33)27-11-7-9-13-29(27)36(35)30-14-10-8-12-28(30)32(34)26-18-16-20(2)22(4)24(26)6/h7-18H,1-6H3/q+1. The largest absolute Gasteiger partial charge is 0.416 e. The minimum Gasteiger partial charge on any atom is -0.288 e. The van der Waals surface area contributed by atoms with Crippen molar-refractivity contribution in [1.29, 1.82) is 0 Å². The van der Waals surface area contributed by atoms with E-state index in [4.69, 9.17) is 0 Å². The molecule has 4 heteroatoms. The molecule has 180 valence electrons. The van der Waals surface area contributed by atoms with Crippen molar-refractivity contribution >= 4 is 30.0 Å². The second kappa shape index (κ2) is 10.1. The maximum atomic E-state index is 14.0. The molecule has 0 aliphatic heterocycles. The monoisotopic (exact) mass is 493 g/mol. The summed E-state index contributed by atoms with van der Waals surface area (Å²) in [7, 11) is -2.20. The molecular formula is C32H30O3P+. The van der Waals surface area contributed by atoms with Crippen molar-refractivity contribution in [3.8, 4) is 0 Å². The van der Waals surface area contributed by atoms with Crippen LogP contribution in [0.15, 0.2) is 72.8 Å². The molecule has 4 aromatic carbocycles. The fourth-order valence-electron chi connectivity index (χ4n) is 4.51. The third kappa shape index (κ3) is 4.47. The van der Waals surface area contributed by atoms with Gasteiger partial charge >= 0.3 is 7.80 Å². The summed E-state index contributed by atoms with van der Waals surface area (Å²) in [6, 6.07) is 21.6. The molecule has 0 aromatic heterocycles. The number of hydrogen-bond donors (Lipinski definition) is 0. The Hall–Kier alpha value is -3.68. The second-order valence-corrected chi connectivity index (χ2v) is 10.9. The van der Waals surface area contributed by atoms with Crippen LogP contribution >= 0.6 is 7.80 Å². The van der Waals surface area contributed by atoms with E-state index in [1.165, 1.54) is 0 Å². The third-order valence-electron chi connectivity index (χ3n) is 7.34. The minimum atomic E-state index is -2.20. The summed E-state index contributed by atoms with van der Waals surface area (Å²) < 4.78 is 14.0. The van der Waals surface area contributed by atoms with Crippen LogP contribution in [0.4, 0.5) is 0 Å². The molecule has 4 aromatic rings. The van der Waals surface area contributed by atoms with Gasteiger partial charge in [-0.25, -0.2) is 0 Å². The Morgan fingerprint density at radius 1 is 0.472 bits per heavy atom. The van der Waals surface area contributed by atoms with E-state index in [0.717, 1.165) is 33.4 Å². The topological polar surface area (TPSA) is 51.2 Å². The van der Waals surface area contributed by atoms with Crippen LogP contribution in [0.5, 0.6) is 0 Å². The van der Waals surface area contributed by atoms with Crippen molar-refractivity contribution in [3.63, 3.8) is 0 Å². The molecule has 3 nitrogen and oxygen atoms in total. The minimum absolute atomic E-state index is 0.164. The summed E-state index contributed by atoms with van der Waals surface area (Å²) in [5, 5.41) is 0.874. The Morgan fingerprint density at radius 2 is 0.833 bits per heavy atom. The number of carbonyl (C=O) groups is 2. The van der Waals surface area contributed by atoms with E-state index < -0.39 is 7.80 Å². The van der Waals surface area contributed by atoms with E-state index in [2.05, 4.69) is 0 Å². The lowest BCUT2D eigenvalue weighted by molar-refractivity contribution is 0.103. The Morgan fingerprint density at radius 3 is 1.22 bits per heavy atom. The quantitative estimate of drug-likeness (QED) is 0.220. The van der Waals surface area contributed by atoms with Crippen molar-refractivity contribution in [1.82, 2.24) is 0 Å². The van der Waals surface area contributed by atoms with Crippen molar-refractivity contribution in [2.24, 2.45) is 0 Å². The molecule has 0 unspecified atom stereocenters. The number of rotatable bonds is 6. The van der Waals surface area contributed by atoms with E-state index in [0.29, 0.717) is 32.9 Å². The van der Waals surface area contributed by atoms with Crippen LogP contribution in [0.3, 0.4) is 0 Å². The molecule has 0 amide bonds. The number of benzene rings is 4. The third-order valence-corrected chi connectivity index (χ3v) is 9.00. The summed E-state index contributed by atoms with van der Waals surface area (Å²) in [4.78, 5) is 27.3. The lowest BCUT2D eigenvalue weighted by atomic mass is 9.93. The molecule has 0 N–H and O–H groups in total. The molecule has 4 rings (SSSR count). The molecule has 0 spiro atoms. The molecule has 0 fully saturated rings. The number of ketones is 2. The van der Waals surface area contributed by atoms with Gasteiger partial charge in [0.25, 0.3) is 0 Å². The van der Waals surface area contributed by atoms with Crippen LogP contribution in [0.25, 0.3) is 0 Å². The maximum absolute atomic E-state index is 14.0. The lowest BCUT2D eigenvalue weighted by Gasteiger charge is -2.11. The van der Waals surface area contributed by atoms with Crippen LogP contribution in [-0.2, 0) is 4.57 Å². The highest BCUT2D eigenvalue weighted by Gasteiger charge is 2.34. The molecule has 0 atom stereocenters. The first-order valence-corrected chi connectivity index (χ1v) is 13.3. The Balaban J connectivity index is 1.81. The first-order valence-electron chi connectivity index (χ1n) is 12.0. The summed E-state index contributed by atoms with van der Waals surface area (Å²) in [5.74, 6) is -0.327. The van der Waals surface area contributed by atoms with E-state index in [-0.39, 0.29) is 11.6 Å². The Bertz CT molecular complexity index is 1430. The zero-order valence-electron chi connectivity index (χ0n) is 21.6. The zero-order chi connectivity index (χ0) is 26.1. The second-order valence-electron chi connectivity index (χ2n) is 9.35. The molecule has 0 heterocycles. The summed E-state index contributed by atoms with van der Waals surface area (Å²) in [6.07, 6.45) is 0. The average molecular weight is 494 g/mol. The van der Waals surface area contributed by atoms with Crippen LogP contribution in [-0.4, -0.2) is 11.6 Å². The average Bonchev–Trinajstić information content (AvgIpc) is 2.89. The first kappa shape index (κ1) is 25.4. The van der Waals surface area contributed by atoms with Crippen molar-refractivity contribution < 1.29 is 14.2 Å². The van der Waals surface area contributed by atoms with Gasteiger partial charge in [0.2, 0.25) is 10.6 Å². The molecule has 0 saturated heterocycles. The van der Waals surface area contributed by atoms with Gasteiger partial charge in [-0.2, -0.15) is 0 Å². The van der Waals surface area contributed by atoms with Gasteiger partial charge in [-0.15, -0.1) is 0 Å². The van der Waals surface area contributed by atoms with Crippen LogP contribution in [0, 0.1) is 41.5 Å². The fourth-order valence-corrected chi connectivity index (χ4v) is 6.00. The van der Waals surface area contributed by atoms with E-state index in [1.807, 2.05) is 65.8 Å². The number of hydrogen-bond acceptors (Lipinski definition) is 3. The molecule has 0 aliphatic rings. The molecule has 0 bridgehead atoms. The van der Waals surface area contributed by atoms with Gasteiger partial charge in [0.1, 0.15) is 0 Å². The number of aryl methyl sites for hydroxylation is 2. The predicted octanol–water partition coefficient (Wildman–Crippen LogP) is 6.78. The van der Waals surface area contributed by atoms with E-state index in [9.17, 15) is 14.2 Å². The van der Waals surface area contributed by atoms with Crippen LogP contribution in [0.2, 0.25) is 0 Å². The van der Waals surface area contributed by atoms with Gasteiger partial charge < -0.3 is 0 Å². The molecular weight excluding hydrogens is 463 g/mol. The highest BCUT2D eigenvalue weighted by atomic mass is 31.1. The molecule has 0 saturated carbocycles. The van der Waals surface area contributed by atoms with Gasteiger partial charge in [0.15, 0.2) is 11.6 Å². The number of carbonyl (C=O) groups excluding carboxylic acids is 2. The fraction of sp³-hybridized carbons (Fsp3) is 0.188. The van der Waals surface area contributed by atoms with Crippen LogP contribution < -0.4 is 10.6 Å². The smallest absolute Gasteiger partial charge is 0.288 e. The van der Waals surface area contributed by atoms with Gasteiger partial charge in [-0.05, 0) is 99.2 Å². The summed E-state index contributed by atoms with van der Waals surface area (Å²) in [5.41, 5.74) is 8.23. The lowest BCUT2D eigenvalue weighted by Crippen LogP contribution is -2.21. The van der Waals surface area contributed by atoms with Gasteiger partial charge in [0, 0.05) is 11.1 Å². The van der Waals surface area contributed by atoms with Crippen molar-refractivity contribution in [2.75, 3.05) is 0 Å². The molecule has 0 aliphatic carbocycles. The summed E-state index contributed by atoms with van der Waals surface area (Å²) in [6.45, 7) is 11.9. The molecule has 36 heavy (non-hydrogen) atoms. The Kier molecular flexibility index (Phi) is 7.15. The van der Waals surface area contributed by atoms with E-state index >= 15 is 0 Å². The van der Waals surface area contributed by atoms with Gasteiger partial charge in [-0.1, -0.05) is 53.1 Å². The molecule has 0 radical (unpaired) electrons. The SMILES string of the molecule is Cc1ccc(C(=O)c2ccccc2[P+](=O)c2ccccc2C(=O)c2ccc(C)c(C)c2C)c(C)c1C. The predicted molar refractivity (Wildman–Crippen MR) is 148 cm³/mol. The zero-order valence-corrected chi connectivity index (χ0v) is 22.5. The maximum Gasteiger partial charge on any atom is 0.416 e. The Labute approximate surface area is 214 Å².